The van der Waals surface area contributed by atoms with E-state index in [2.05, 4.69) is 15.6 Å². The largest absolute Gasteiger partial charge is 0.506 e. The van der Waals surface area contributed by atoms with Gasteiger partial charge in [0.05, 0.1) is 28.7 Å². The zero-order valence-electron chi connectivity index (χ0n) is 22.9. The van der Waals surface area contributed by atoms with Crippen LogP contribution in [-0.2, 0) is 9.59 Å². The number of anilines is 2. The Hall–Kier alpha value is -4.44. The maximum absolute atomic E-state index is 13.2. The average molecular weight is 578 g/mol. The van der Waals surface area contributed by atoms with E-state index in [1.165, 1.54) is 30.5 Å². The summed E-state index contributed by atoms with van der Waals surface area (Å²) >= 11 is 5.84. The van der Waals surface area contributed by atoms with E-state index >= 15 is 0 Å². The molecule has 2 heterocycles. The second kappa shape index (κ2) is 13.3. The first-order valence-electron chi connectivity index (χ1n) is 13.4. The first kappa shape index (κ1) is 29.5. The van der Waals surface area contributed by atoms with Crippen molar-refractivity contribution in [3.05, 3.63) is 82.5 Å². The van der Waals surface area contributed by atoms with Crippen molar-refractivity contribution in [3.8, 4) is 5.75 Å². The van der Waals surface area contributed by atoms with Crippen molar-refractivity contribution < 1.29 is 24.3 Å². The van der Waals surface area contributed by atoms with E-state index in [9.17, 15) is 24.3 Å². The quantitative estimate of drug-likeness (QED) is 0.320. The SMILES string of the molecule is CCN(CC)C(=O)CN1CCCC(c2ccc(C(=O)Nc3c(O)cccc3C(=O)Nc3ccc(Cl)cn3)cc2)C1=O. The molecule has 2 aromatic carbocycles. The molecule has 0 radical (unpaired) electrons. The van der Waals surface area contributed by atoms with Crippen LogP contribution in [0, 0.1) is 0 Å². The first-order chi connectivity index (χ1) is 19.7. The number of carbonyl (C=O) groups excluding carboxylic acids is 4. The Morgan fingerprint density at radius 2 is 1.76 bits per heavy atom. The Morgan fingerprint density at radius 3 is 2.41 bits per heavy atom. The van der Waals surface area contributed by atoms with Crippen LogP contribution in [0.5, 0.6) is 5.75 Å². The molecule has 1 saturated heterocycles. The van der Waals surface area contributed by atoms with Crippen LogP contribution in [0.25, 0.3) is 0 Å². The molecule has 1 unspecified atom stereocenters. The van der Waals surface area contributed by atoms with Crippen molar-refractivity contribution in [2.24, 2.45) is 0 Å². The van der Waals surface area contributed by atoms with Gasteiger partial charge in [-0.25, -0.2) is 4.98 Å². The lowest BCUT2D eigenvalue weighted by atomic mass is 9.89. The lowest BCUT2D eigenvalue weighted by Crippen LogP contribution is -2.46. The van der Waals surface area contributed by atoms with Crippen LogP contribution in [0.4, 0.5) is 11.5 Å². The predicted octanol–water partition coefficient (Wildman–Crippen LogP) is 4.52. The van der Waals surface area contributed by atoms with Crippen LogP contribution >= 0.6 is 11.6 Å². The lowest BCUT2D eigenvalue weighted by molar-refractivity contribution is -0.142. The Bertz CT molecular complexity index is 1420. The molecule has 3 N–H and O–H groups in total. The summed E-state index contributed by atoms with van der Waals surface area (Å²) < 4.78 is 0. The van der Waals surface area contributed by atoms with E-state index in [4.69, 9.17) is 11.6 Å². The highest BCUT2D eigenvalue weighted by atomic mass is 35.5. The van der Waals surface area contributed by atoms with Crippen LogP contribution < -0.4 is 10.6 Å². The average Bonchev–Trinajstić information content (AvgIpc) is 2.97. The van der Waals surface area contributed by atoms with Gasteiger partial charge in [0.2, 0.25) is 11.8 Å². The second-order valence-electron chi connectivity index (χ2n) is 9.61. The summed E-state index contributed by atoms with van der Waals surface area (Å²) in [5, 5.41) is 16.1. The summed E-state index contributed by atoms with van der Waals surface area (Å²) in [6, 6.07) is 14.0. The summed E-state index contributed by atoms with van der Waals surface area (Å²) in [6.45, 7) is 5.60. The van der Waals surface area contributed by atoms with Crippen molar-refractivity contribution in [1.29, 1.82) is 0 Å². The Balaban J connectivity index is 1.45. The minimum Gasteiger partial charge on any atom is -0.506 e. The van der Waals surface area contributed by atoms with Crippen LogP contribution in [-0.4, -0.2) is 69.7 Å². The zero-order chi connectivity index (χ0) is 29.5. The molecule has 41 heavy (non-hydrogen) atoms. The van der Waals surface area contributed by atoms with E-state index in [-0.39, 0.29) is 46.7 Å². The third kappa shape index (κ3) is 7.01. The molecule has 1 atom stereocenters. The maximum Gasteiger partial charge on any atom is 0.259 e. The fourth-order valence-corrected chi connectivity index (χ4v) is 4.90. The summed E-state index contributed by atoms with van der Waals surface area (Å²) in [7, 11) is 0. The molecule has 1 aliphatic rings. The number of nitrogens with zero attached hydrogens (tertiary/aromatic N) is 3. The molecule has 10 nitrogen and oxygen atoms in total. The Morgan fingerprint density at radius 1 is 1.02 bits per heavy atom. The molecule has 3 aromatic rings. The number of likely N-dealkylation sites (tertiary alicyclic amines) is 1. The Labute approximate surface area is 243 Å². The van der Waals surface area contributed by atoms with E-state index < -0.39 is 17.7 Å². The third-order valence-electron chi connectivity index (χ3n) is 7.04. The van der Waals surface area contributed by atoms with Crippen LogP contribution in [0.15, 0.2) is 60.8 Å². The molecule has 1 aliphatic heterocycles. The molecule has 0 saturated carbocycles. The number of amides is 4. The van der Waals surface area contributed by atoms with Gasteiger partial charge in [-0.1, -0.05) is 29.8 Å². The van der Waals surface area contributed by atoms with Gasteiger partial charge in [-0.3, -0.25) is 19.2 Å². The molecule has 0 bridgehead atoms. The minimum absolute atomic E-state index is 0.0406. The first-order valence-corrected chi connectivity index (χ1v) is 13.8. The molecule has 11 heteroatoms. The number of phenolic OH excluding ortho intramolecular Hbond substituents is 1. The second-order valence-corrected chi connectivity index (χ2v) is 10.0. The van der Waals surface area contributed by atoms with Gasteiger partial charge in [-0.05, 0) is 68.7 Å². The number of piperidine rings is 1. The standard InChI is InChI=1S/C30H32ClN5O5/c1-3-35(4-2)26(38)18-36-16-6-8-22(30(36)41)19-10-12-20(13-11-19)28(39)34-27-23(7-5-9-24(27)37)29(40)33-25-15-14-21(31)17-32-25/h5,7,9-15,17,22,37H,3-4,6,8,16,18H2,1-2H3,(H,34,39)(H,32,33,40). The van der Waals surface area contributed by atoms with Crippen molar-refractivity contribution in [2.75, 3.05) is 36.8 Å². The minimum atomic E-state index is -0.582. The summed E-state index contributed by atoms with van der Waals surface area (Å²) in [4.78, 5) is 59.1. The number of pyridine rings is 1. The molecule has 1 aromatic heterocycles. The number of hydrogen-bond donors (Lipinski definition) is 3. The number of aromatic nitrogens is 1. The van der Waals surface area contributed by atoms with Gasteiger partial charge in [0.1, 0.15) is 11.6 Å². The molecular weight excluding hydrogens is 546 g/mol. The van der Waals surface area contributed by atoms with E-state index in [0.717, 1.165) is 12.0 Å². The number of likely N-dealkylation sites (N-methyl/N-ethyl adjacent to an activating group) is 1. The number of para-hydroxylation sites is 1. The van der Waals surface area contributed by atoms with Crippen LogP contribution in [0.2, 0.25) is 5.02 Å². The number of carbonyl (C=O) groups is 4. The zero-order valence-corrected chi connectivity index (χ0v) is 23.6. The van der Waals surface area contributed by atoms with Crippen molar-refractivity contribution >= 4 is 46.7 Å². The van der Waals surface area contributed by atoms with Gasteiger partial charge in [0.25, 0.3) is 11.8 Å². The monoisotopic (exact) mass is 577 g/mol. The number of hydrogen-bond acceptors (Lipinski definition) is 6. The Kier molecular flexibility index (Phi) is 9.57. The summed E-state index contributed by atoms with van der Waals surface area (Å²) in [5.41, 5.74) is 1.02. The van der Waals surface area contributed by atoms with Gasteiger partial charge in [-0.15, -0.1) is 0 Å². The normalized spacial score (nSPS) is 14.9. The van der Waals surface area contributed by atoms with Crippen molar-refractivity contribution in [1.82, 2.24) is 14.8 Å². The van der Waals surface area contributed by atoms with Gasteiger partial charge in [0.15, 0.2) is 0 Å². The summed E-state index contributed by atoms with van der Waals surface area (Å²) in [6.07, 6.45) is 2.81. The lowest BCUT2D eigenvalue weighted by Gasteiger charge is -2.33. The molecule has 4 rings (SSSR count). The number of rotatable bonds is 9. The van der Waals surface area contributed by atoms with Crippen molar-refractivity contribution in [2.45, 2.75) is 32.6 Å². The molecule has 214 valence electrons. The highest BCUT2D eigenvalue weighted by Gasteiger charge is 2.31. The molecule has 0 aliphatic carbocycles. The topological polar surface area (TPSA) is 132 Å². The number of halogens is 1. The third-order valence-corrected chi connectivity index (χ3v) is 7.27. The van der Waals surface area contributed by atoms with Gasteiger partial charge < -0.3 is 25.5 Å². The van der Waals surface area contributed by atoms with E-state index in [1.54, 1.807) is 40.1 Å². The van der Waals surface area contributed by atoms with Gasteiger partial charge in [0, 0.05) is 31.4 Å². The van der Waals surface area contributed by atoms with Crippen LogP contribution in [0.3, 0.4) is 0 Å². The van der Waals surface area contributed by atoms with E-state index in [1.807, 2.05) is 13.8 Å². The smallest absolute Gasteiger partial charge is 0.259 e. The number of nitrogens with one attached hydrogen (secondary N) is 2. The highest BCUT2D eigenvalue weighted by Crippen LogP contribution is 2.30. The fourth-order valence-electron chi connectivity index (χ4n) is 4.79. The maximum atomic E-state index is 13.2. The molecule has 4 amide bonds. The molecular formula is C30H32ClN5O5. The highest BCUT2D eigenvalue weighted by molar-refractivity contribution is 6.30. The number of benzene rings is 2. The van der Waals surface area contributed by atoms with Gasteiger partial charge in [-0.2, -0.15) is 0 Å². The van der Waals surface area contributed by atoms with Crippen molar-refractivity contribution in [3.63, 3.8) is 0 Å². The molecule has 0 spiro atoms. The van der Waals surface area contributed by atoms with E-state index in [0.29, 0.717) is 31.1 Å². The number of phenols is 1. The predicted molar refractivity (Wildman–Crippen MR) is 156 cm³/mol. The van der Waals surface area contributed by atoms with Gasteiger partial charge >= 0.3 is 0 Å². The molecule has 1 fully saturated rings. The summed E-state index contributed by atoms with van der Waals surface area (Å²) in [5.74, 6) is -1.73. The number of aromatic hydroxyl groups is 1. The van der Waals surface area contributed by atoms with Crippen LogP contribution in [0.1, 0.15) is 58.9 Å². The fraction of sp³-hybridized carbons (Fsp3) is 0.300.